The average molecular weight is 197 g/mol. The van der Waals surface area contributed by atoms with Crippen molar-refractivity contribution in [3.63, 3.8) is 0 Å². The molecule has 1 nitrogen and oxygen atoms in total. The molecule has 3 aromatic rings. The molecule has 0 N–H and O–H groups in total. The Morgan fingerprint density at radius 1 is 1.31 bits per heavy atom. The average Bonchev–Trinajstić information content (AvgIpc) is 2.71. The van der Waals surface area contributed by atoms with Gasteiger partial charge in [-0.2, -0.15) is 6.07 Å². The van der Waals surface area contributed by atoms with Crippen molar-refractivity contribution >= 4 is 43.0 Å². The third kappa shape index (κ3) is 1.33. The van der Waals surface area contributed by atoms with Crippen molar-refractivity contribution in [2.45, 2.75) is 0 Å². The molecule has 0 atom stereocenters. The van der Waals surface area contributed by atoms with Crippen molar-refractivity contribution in [2.75, 3.05) is 0 Å². The van der Waals surface area contributed by atoms with Crippen LogP contribution in [0.2, 0.25) is 0 Å². The van der Waals surface area contributed by atoms with E-state index in [1.807, 2.05) is 12.3 Å². The molecule has 0 radical (unpaired) electrons. The summed E-state index contributed by atoms with van der Waals surface area (Å²) in [5.41, 5.74) is 0. The van der Waals surface area contributed by atoms with Crippen LogP contribution in [0.15, 0.2) is 23.7 Å². The Kier molecular flexibility index (Phi) is 2.44. The maximum atomic E-state index is 4.35. The van der Waals surface area contributed by atoms with Gasteiger partial charge in [-0.1, -0.05) is 6.07 Å². The summed E-state index contributed by atoms with van der Waals surface area (Å²) in [7, 11) is 0. The Balaban J connectivity index is 0.000000653. The van der Waals surface area contributed by atoms with E-state index in [0.717, 1.165) is 4.83 Å². The van der Waals surface area contributed by atoms with Gasteiger partial charge in [-0.3, -0.25) is 16.3 Å². The van der Waals surface area contributed by atoms with Gasteiger partial charge in [0.2, 0.25) is 0 Å². The molecule has 58 valence electrons. The van der Waals surface area contributed by atoms with E-state index in [-0.39, 0.29) is 18.9 Å². The fourth-order valence-electron chi connectivity index (χ4n) is 1.31. The van der Waals surface area contributed by atoms with E-state index in [1.54, 1.807) is 22.7 Å². The van der Waals surface area contributed by atoms with Gasteiger partial charge in [0.25, 0.3) is 0 Å². The second-order valence-electron chi connectivity index (χ2n) is 2.54. The molecule has 0 fully saturated rings. The number of pyridine rings is 1. The number of rotatable bonds is 0. The molecular weight excluding hydrogens is 193 g/mol. The van der Waals surface area contributed by atoms with Gasteiger partial charge in [0.1, 0.15) is 4.83 Å². The molecule has 3 rings (SSSR count). The van der Waals surface area contributed by atoms with Gasteiger partial charge >= 0.3 is 18.9 Å². The first-order valence-corrected chi connectivity index (χ1v) is 5.26. The fraction of sp³-hybridized carbons (Fsp3) is 0. The first-order chi connectivity index (χ1) is 5.95. The van der Waals surface area contributed by atoms with E-state index in [4.69, 9.17) is 0 Å². The molecule has 0 unspecified atom stereocenters. The van der Waals surface area contributed by atoms with Gasteiger partial charge in [0, 0.05) is 0 Å². The van der Waals surface area contributed by atoms with Crippen LogP contribution < -0.4 is 18.9 Å². The molecule has 3 heterocycles. The Morgan fingerprint density at radius 3 is 3.15 bits per heavy atom. The zero-order valence-electron chi connectivity index (χ0n) is 7.07. The summed E-state index contributed by atoms with van der Waals surface area (Å²) in [5, 5.41) is 7.75. The summed E-state index contributed by atoms with van der Waals surface area (Å²) < 4.78 is 1.22. The minimum atomic E-state index is 0. The Morgan fingerprint density at radius 2 is 2.23 bits per heavy atom. The van der Waals surface area contributed by atoms with Crippen LogP contribution in [-0.2, 0) is 0 Å². The SMILES string of the molecule is [Li+].[c-]1cc2c(cnc3sccc32)s1. The third-order valence-corrected chi connectivity index (χ3v) is 3.47. The maximum Gasteiger partial charge on any atom is 1.00 e. The van der Waals surface area contributed by atoms with E-state index in [1.165, 1.54) is 15.5 Å². The van der Waals surface area contributed by atoms with Gasteiger partial charge in [0.15, 0.2) is 0 Å². The summed E-state index contributed by atoms with van der Waals surface area (Å²) in [4.78, 5) is 5.47. The third-order valence-electron chi connectivity index (χ3n) is 1.87. The van der Waals surface area contributed by atoms with E-state index < -0.39 is 0 Å². The zero-order chi connectivity index (χ0) is 7.97. The Hall–Kier alpha value is -0.333. The number of thiophene rings is 2. The molecule has 0 spiro atoms. The second-order valence-corrected chi connectivity index (χ2v) is 4.31. The summed E-state index contributed by atoms with van der Waals surface area (Å²) in [6, 6.07) is 4.16. The normalized spacial score (nSPS) is 10.5. The summed E-state index contributed by atoms with van der Waals surface area (Å²) in [6.45, 7) is 0. The number of hydrogen-bond acceptors (Lipinski definition) is 3. The molecule has 0 aliphatic carbocycles. The molecule has 3 aromatic heterocycles. The first kappa shape index (κ1) is 9.23. The molecule has 0 aliphatic rings. The molecule has 0 amide bonds. The monoisotopic (exact) mass is 197 g/mol. The molecule has 0 aromatic carbocycles. The van der Waals surface area contributed by atoms with Gasteiger partial charge in [-0.15, -0.1) is 26.8 Å². The van der Waals surface area contributed by atoms with Crippen LogP contribution in [0.4, 0.5) is 0 Å². The molecule has 0 bridgehead atoms. The van der Waals surface area contributed by atoms with Gasteiger partial charge in [-0.05, 0) is 17.0 Å². The van der Waals surface area contributed by atoms with E-state index >= 15 is 0 Å². The molecule has 13 heavy (non-hydrogen) atoms. The predicted octanol–water partition coefficient (Wildman–Crippen LogP) is 0.315. The van der Waals surface area contributed by atoms with Gasteiger partial charge in [-0.25, -0.2) is 0 Å². The summed E-state index contributed by atoms with van der Waals surface area (Å²) in [6.07, 6.45) is 1.93. The molecular formula is C9H4LiNS2. The van der Waals surface area contributed by atoms with E-state index in [9.17, 15) is 0 Å². The van der Waals surface area contributed by atoms with Crippen molar-refractivity contribution in [2.24, 2.45) is 0 Å². The quantitative estimate of drug-likeness (QED) is 0.373. The van der Waals surface area contributed by atoms with Crippen molar-refractivity contribution in [3.8, 4) is 0 Å². The van der Waals surface area contributed by atoms with Gasteiger partial charge < -0.3 is 0 Å². The minimum Gasteiger partial charge on any atom is -0.294 e. The second kappa shape index (κ2) is 3.43. The number of aromatic nitrogens is 1. The van der Waals surface area contributed by atoms with Crippen molar-refractivity contribution in [3.05, 3.63) is 29.1 Å². The van der Waals surface area contributed by atoms with Crippen molar-refractivity contribution in [1.82, 2.24) is 4.98 Å². The topological polar surface area (TPSA) is 12.9 Å². The largest absolute Gasteiger partial charge is 1.00 e. The Bertz CT molecular complexity index is 491. The van der Waals surface area contributed by atoms with Crippen LogP contribution >= 0.6 is 22.7 Å². The number of hydrogen-bond donors (Lipinski definition) is 0. The minimum absolute atomic E-state index is 0. The molecule has 0 saturated heterocycles. The van der Waals surface area contributed by atoms with Gasteiger partial charge in [0.05, 0.1) is 0 Å². The molecule has 4 heteroatoms. The molecule has 0 saturated carbocycles. The predicted molar refractivity (Wildman–Crippen MR) is 53.8 cm³/mol. The zero-order valence-corrected chi connectivity index (χ0v) is 8.71. The van der Waals surface area contributed by atoms with Crippen LogP contribution in [0.3, 0.4) is 0 Å². The summed E-state index contributed by atoms with van der Waals surface area (Å²) >= 11 is 3.31. The van der Waals surface area contributed by atoms with Crippen LogP contribution in [-0.4, -0.2) is 4.98 Å². The van der Waals surface area contributed by atoms with E-state index in [2.05, 4.69) is 21.8 Å². The standard InChI is InChI=1S/C9H4NS2.Li/c1-3-11-8-5-10-9-7(6(1)8)2-4-12-9;/h1-2,4-5H;/q-1;+1. The number of nitrogens with zero attached hydrogens (tertiary/aromatic N) is 1. The molecule has 0 aliphatic heterocycles. The van der Waals surface area contributed by atoms with Crippen LogP contribution in [0.5, 0.6) is 0 Å². The Labute approximate surface area is 95.6 Å². The van der Waals surface area contributed by atoms with Crippen molar-refractivity contribution < 1.29 is 18.9 Å². The van der Waals surface area contributed by atoms with Crippen LogP contribution in [0.25, 0.3) is 20.3 Å². The van der Waals surface area contributed by atoms with Crippen molar-refractivity contribution in [1.29, 1.82) is 0 Å². The summed E-state index contributed by atoms with van der Waals surface area (Å²) in [5.74, 6) is 0. The fourth-order valence-corrected chi connectivity index (χ4v) is 2.75. The van der Waals surface area contributed by atoms with Crippen LogP contribution in [0, 0.1) is 5.38 Å². The smallest absolute Gasteiger partial charge is 0.294 e. The maximum absolute atomic E-state index is 4.35. The first-order valence-electron chi connectivity index (χ1n) is 3.57. The van der Waals surface area contributed by atoms with Crippen LogP contribution in [0.1, 0.15) is 0 Å². The number of fused-ring (bicyclic) bond motifs is 3. The van der Waals surface area contributed by atoms with E-state index in [0.29, 0.717) is 0 Å².